The average Bonchev–Trinajstić information content (AvgIpc) is 3.38. The minimum Gasteiger partial charge on any atom is -0.462 e. The van der Waals surface area contributed by atoms with E-state index in [2.05, 4.69) is 19.6 Å². The number of ether oxygens (including phenoxy) is 1. The summed E-state index contributed by atoms with van der Waals surface area (Å²) in [6.07, 6.45) is 5.39. The largest absolute Gasteiger partial charge is 0.462 e. The third kappa shape index (κ3) is 3.75. The molecule has 0 atom stereocenters. The molecule has 4 rings (SSSR count). The number of carbonyl (C=O) groups is 2. The summed E-state index contributed by atoms with van der Waals surface area (Å²) in [5.74, 6) is -0.724. The number of thiazole rings is 1. The van der Waals surface area contributed by atoms with Crippen LogP contribution < -0.4 is 5.01 Å². The van der Waals surface area contributed by atoms with Crippen LogP contribution in [0.3, 0.4) is 0 Å². The molecule has 1 aliphatic heterocycles. The van der Waals surface area contributed by atoms with E-state index in [1.165, 1.54) is 5.01 Å². The summed E-state index contributed by atoms with van der Waals surface area (Å²) >= 11 is 1.10. The molecule has 0 saturated heterocycles. The lowest BCUT2D eigenvalue weighted by Gasteiger charge is -2.09. The van der Waals surface area contributed by atoms with Gasteiger partial charge in [0.25, 0.3) is 5.91 Å². The van der Waals surface area contributed by atoms with Gasteiger partial charge in [-0.1, -0.05) is 11.3 Å². The Kier molecular flexibility index (Phi) is 5.75. The zero-order valence-corrected chi connectivity index (χ0v) is 19.4. The van der Waals surface area contributed by atoms with Gasteiger partial charge in [-0.15, -0.1) is 0 Å². The molecule has 32 heavy (non-hydrogen) atoms. The van der Waals surface area contributed by atoms with Crippen LogP contribution in [0.5, 0.6) is 0 Å². The summed E-state index contributed by atoms with van der Waals surface area (Å²) in [6.45, 7) is 9.54. The first-order chi connectivity index (χ1) is 15.3. The van der Waals surface area contributed by atoms with Gasteiger partial charge >= 0.3 is 5.97 Å². The fourth-order valence-electron chi connectivity index (χ4n) is 3.65. The standard InChI is InChI=1S/C23H23N5O3S/c1-6-31-22(30)20-15(4)25-23(32-20)28-21(29)19(14(3)26-28)11-17-10-13(2)27(16(17)5)18-8-7-9-24-12-18/h7-12H,6H2,1-5H3. The predicted octanol–water partition coefficient (Wildman–Crippen LogP) is 4.24. The van der Waals surface area contributed by atoms with Crippen LogP contribution in [0.1, 0.15) is 46.2 Å². The molecular weight excluding hydrogens is 426 g/mol. The van der Waals surface area contributed by atoms with E-state index in [-0.39, 0.29) is 12.5 Å². The lowest BCUT2D eigenvalue weighted by molar-refractivity contribution is -0.114. The van der Waals surface area contributed by atoms with Crippen LogP contribution in [-0.2, 0) is 9.53 Å². The third-order valence-electron chi connectivity index (χ3n) is 5.16. The SMILES string of the molecule is CCOC(=O)c1sc(N2N=C(C)C(=Cc3cc(C)n(-c4cccnc4)c3C)C2=O)nc1C. The van der Waals surface area contributed by atoms with E-state index in [0.29, 0.717) is 27.0 Å². The molecule has 0 aliphatic carbocycles. The molecule has 0 spiro atoms. The number of pyridine rings is 1. The molecule has 9 heteroatoms. The van der Waals surface area contributed by atoms with Crippen molar-refractivity contribution >= 4 is 40.1 Å². The Labute approximate surface area is 189 Å². The Balaban J connectivity index is 1.67. The van der Waals surface area contributed by atoms with Gasteiger partial charge < -0.3 is 9.30 Å². The van der Waals surface area contributed by atoms with Crippen molar-refractivity contribution in [2.45, 2.75) is 34.6 Å². The highest BCUT2D eigenvalue weighted by molar-refractivity contribution is 7.17. The quantitative estimate of drug-likeness (QED) is 0.429. The Morgan fingerprint density at radius 2 is 2.03 bits per heavy atom. The van der Waals surface area contributed by atoms with Gasteiger partial charge in [0.1, 0.15) is 4.88 Å². The molecule has 0 bridgehead atoms. The van der Waals surface area contributed by atoms with Crippen molar-refractivity contribution in [3.8, 4) is 5.69 Å². The summed E-state index contributed by atoms with van der Waals surface area (Å²) in [6, 6.07) is 5.91. The first-order valence-electron chi connectivity index (χ1n) is 10.2. The lowest BCUT2D eigenvalue weighted by Crippen LogP contribution is -2.21. The molecule has 4 heterocycles. The average molecular weight is 450 g/mol. The molecule has 8 nitrogen and oxygen atoms in total. The molecule has 1 aliphatic rings. The van der Waals surface area contributed by atoms with E-state index in [1.807, 2.05) is 38.1 Å². The van der Waals surface area contributed by atoms with Crippen LogP contribution in [0.2, 0.25) is 0 Å². The second kappa shape index (κ2) is 8.51. The third-order valence-corrected chi connectivity index (χ3v) is 6.28. The molecule has 0 unspecified atom stereocenters. The van der Waals surface area contributed by atoms with E-state index >= 15 is 0 Å². The number of esters is 1. The maximum atomic E-state index is 13.2. The van der Waals surface area contributed by atoms with Gasteiger partial charge in [0.05, 0.1) is 35.5 Å². The zero-order valence-electron chi connectivity index (χ0n) is 18.5. The summed E-state index contributed by atoms with van der Waals surface area (Å²) in [5.41, 5.74) is 5.51. The molecule has 1 amide bonds. The van der Waals surface area contributed by atoms with Gasteiger partial charge in [-0.3, -0.25) is 9.78 Å². The van der Waals surface area contributed by atoms with Crippen LogP contribution in [-0.4, -0.2) is 38.7 Å². The van der Waals surface area contributed by atoms with E-state index in [4.69, 9.17) is 4.74 Å². The molecule has 164 valence electrons. The lowest BCUT2D eigenvalue weighted by atomic mass is 10.1. The summed E-state index contributed by atoms with van der Waals surface area (Å²) in [5, 5.41) is 6.00. The van der Waals surface area contributed by atoms with Crippen LogP contribution in [0, 0.1) is 20.8 Å². The predicted molar refractivity (Wildman–Crippen MR) is 124 cm³/mol. The molecule has 3 aromatic rings. The highest BCUT2D eigenvalue weighted by atomic mass is 32.1. The molecule has 3 aromatic heterocycles. The normalized spacial score (nSPS) is 14.9. The van der Waals surface area contributed by atoms with Gasteiger partial charge in [-0.2, -0.15) is 10.1 Å². The smallest absolute Gasteiger partial charge is 0.350 e. The van der Waals surface area contributed by atoms with Gasteiger partial charge in [-0.05, 0) is 64.5 Å². The van der Waals surface area contributed by atoms with Crippen molar-refractivity contribution in [1.82, 2.24) is 14.5 Å². The topological polar surface area (TPSA) is 89.7 Å². The molecule has 0 fully saturated rings. The second-order valence-corrected chi connectivity index (χ2v) is 8.34. The van der Waals surface area contributed by atoms with Crippen molar-refractivity contribution in [2.75, 3.05) is 11.6 Å². The zero-order chi connectivity index (χ0) is 23.0. The van der Waals surface area contributed by atoms with Gasteiger partial charge in [0, 0.05) is 17.6 Å². The number of nitrogens with zero attached hydrogens (tertiary/aromatic N) is 5. The van der Waals surface area contributed by atoms with E-state index in [0.717, 1.165) is 34.0 Å². The number of carbonyl (C=O) groups excluding carboxylic acids is 2. The van der Waals surface area contributed by atoms with Gasteiger partial charge in [0.2, 0.25) is 5.13 Å². The highest BCUT2D eigenvalue weighted by Crippen LogP contribution is 2.32. The van der Waals surface area contributed by atoms with Crippen molar-refractivity contribution < 1.29 is 14.3 Å². The fraction of sp³-hybridized carbons (Fsp3) is 0.261. The Morgan fingerprint density at radius 3 is 2.72 bits per heavy atom. The summed E-state index contributed by atoms with van der Waals surface area (Å²) in [4.78, 5) is 34.3. The van der Waals surface area contributed by atoms with E-state index < -0.39 is 5.97 Å². The minimum absolute atomic E-state index is 0.274. The van der Waals surface area contributed by atoms with Crippen LogP contribution in [0.25, 0.3) is 11.8 Å². The molecule has 0 radical (unpaired) electrons. The maximum Gasteiger partial charge on any atom is 0.350 e. The van der Waals surface area contributed by atoms with E-state index in [9.17, 15) is 9.59 Å². The van der Waals surface area contributed by atoms with Crippen LogP contribution in [0.4, 0.5) is 5.13 Å². The number of anilines is 1. The number of rotatable bonds is 5. The molecule has 0 saturated carbocycles. The van der Waals surface area contributed by atoms with Crippen molar-refractivity contribution in [3.63, 3.8) is 0 Å². The molecular formula is C23H23N5O3S. The number of hydrazone groups is 1. The maximum absolute atomic E-state index is 13.2. The monoisotopic (exact) mass is 449 g/mol. The summed E-state index contributed by atoms with van der Waals surface area (Å²) in [7, 11) is 0. The number of amides is 1. The van der Waals surface area contributed by atoms with Crippen molar-refractivity contribution in [3.05, 3.63) is 63.7 Å². The molecule has 0 aromatic carbocycles. The van der Waals surface area contributed by atoms with Gasteiger partial charge in [-0.25, -0.2) is 9.78 Å². The number of aryl methyl sites for hydroxylation is 2. The van der Waals surface area contributed by atoms with Gasteiger partial charge in [0.15, 0.2) is 0 Å². The Bertz CT molecular complexity index is 1270. The number of hydrogen-bond acceptors (Lipinski definition) is 7. The summed E-state index contributed by atoms with van der Waals surface area (Å²) < 4.78 is 7.17. The van der Waals surface area contributed by atoms with Crippen molar-refractivity contribution in [1.29, 1.82) is 0 Å². The van der Waals surface area contributed by atoms with Crippen molar-refractivity contribution in [2.24, 2.45) is 5.10 Å². The molecule has 0 N–H and O–H groups in total. The first kappa shape index (κ1) is 21.6. The van der Waals surface area contributed by atoms with Crippen LogP contribution in [0.15, 0.2) is 41.3 Å². The number of aromatic nitrogens is 3. The Morgan fingerprint density at radius 1 is 1.25 bits per heavy atom. The Hall–Kier alpha value is -3.59. The van der Waals surface area contributed by atoms with E-state index in [1.54, 1.807) is 33.2 Å². The number of hydrogen-bond donors (Lipinski definition) is 0. The second-order valence-electron chi connectivity index (χ2n) is 7.36. The highest BCUT2D eigenvalue weighted by Gasteiger charge is 2.32. The minimum atomic E-state index is -0.445. The fourth-order valence-corrected chi connectivity index (χ4v) is 4.56. The van der Waals surface area contributed by atoms with Crippen LogP contribution >= 0.6 is 11.3 Å². The first-order valence-corrected chi connectivity index (χ1v) is 11.0.